The molecule has 4 heteroatoms. The van der Waals surface area contributed by atoms with Crippen LogP contribution in [0.15, 0.2) is 51.4 Å². The Morgan fingerprint density at radius 2 is 1.85 bits per heavy atom. The van der Waals surface area contributed by atoms with Gasteiger partial charge in [-0.15, -0.1) is 0 Å². The standard InChI is InChI=1S/C16H15Br2NO/c1-11-5-3-4-6-12(11)10-19(2)16(20)14-9-13(17)7-8-15(14)18/h3-9H,10H2,1-2H3. The summed E-state index contributed by atoms with van der Waals surface area (Å²) in [5.41, 5.74) is 3.02. The molecule has 2 nitrogen and oxygen atoms in total. The summed E-state index contributed by atoms with van der Waals surface area (Å²) in [7, 11) is 1.82. The van der Waals surface area contributed by atoms with E-state index in [1.807, 2.05) is 37.4 Å². The highest BCUT2D eigenvalue weighted by molar-refractivity contribution is 9.11. The summed E-state index contributed by atoms with van der Waals surface area (Å²) < 4.78 is 1.70. The number of carbonyl (C=O) groups excluding carboxylic acids is 1. The monoisotopic (exact) mass is 395 g/mol. The fraction of sp³-hybridized carbons (Fsp3) is 0.188. The highest BCUT2D eigenvalue weighted by Gasteiger charge is 2.16. The van der Waals surface area contributed by atoms with Crippen molar-refractivity contribution in [1.82, 2.24) is 4.90 Å². The lowest BCUT2D eigenvalue weighted by Gasteiger charge is -2.19. The summed E-state index contributed by atoms with van der Waals surface area (Å²) in [6.07, 6.45) is 0. The van der Waals surface area contributed by atoms with Gasteiger partial charge in [-0.1, -0.05) is 40.2 Å². The van der Waals surface area contributed by atoms with Crippen molar-refractivity contribution >= 4 is 37.8 Å². The van der Waals surface area contributed by atoms with E-state index in [0.29, 0.717) is 12.1 Å². The Morgan fingerprint density at radius 1 is 1.15 bits per heavy atom. The second-order valence-electron chi connectivity index (χ2n) is 4.71. The molecule has 0 bridgehead atoms. The SMILES string of the molecule is Cc1ccccc1CN(C)C(=O)c1cc(Br)ccc1Br. The van der Waals surface area contributed by atoms with Gasteiger partial charge in [-0.25, -0.2) is 0 Å². The molecule has 0 saturated heterocycles. The van der Waals surface area contributed by atoms with Crippen LogP contribution in [-0.4, -0.2) is 17.9 Å². The van der Waals surface area contributed by atoms with E-state index in [-0.39, 0.29) is 5.91 Å². The fourth-order valence-corrected chi connectivity index (χ4v) is 2.76. The minimum absolute atomic E-state index is 0.00132. The van der Waals surface area contributed by atoms with Gasteiger partial charge in [0.2, 0.25) is 0 Å². The van der Waals surface area contributed by atoms with Crippen LogP contribution < -0.4 is 0 Å². The van der Waals surface area contributed by atoms with Gasteiger partial charge in [0.15, 0.2) is 0 Å². The largest absolute Gasteiger partial charge is 0.337 e. The van der Waals surface area contributed by atoms with Crippen molar-refractivity contribution in [3.63, 3.8) is 0 Å². The molecule has 0 aliphatic carbocycles. The summed E-state index contributed by atoms with van der Waals surface area (Å²) in [6, 6.07) is 13.7. The van der Waals surface area contributed by atoms with Crippen molar-refractivity contribution in [2.24, 2.45) is 0 Å². The normalized spacial score (nSPS) is 10.4. The first-order valence-electron chi connectivity index (χ1n) is 6.24. The topological polar surface area (TPSA) is 20.3 Å². The molecule has 2 aromatic carbocycles. The number of hydrogen-bond acceptors (Lipinski definition) is 1. The Bertz CT molecular complexity index is 640. The number of aryl methyl sites for hydroxylation is 1. The first-order valence-corrected chi connectivity index (χ1v) is 7.82. The van der Waals surface area contributed by atoms with Gasteiger partial charge < -0.3 is 4.90 Å². The van der Waals surface area contributed by atoms with E-state index in [1.54, 1.807) is 4.90 Å². The molecule has 0 fully saturated rings. The summed E-state index contributed by atoms with van der Waals surface area (Å²) in [6.45, 7) is 2.66. The van der Waals surface area contributed by atoms with Crippen LogP contribution in [0.2, 0.25) is 0 Å². The molecule has 0 aliphatic rings. The van der Waals surface area contributed by atoms with Crippen LogP contribution >= 0.6 is 31.9 Å². The summed E-state index contributed by atoms with van der Waals surface area (Å²) in [5, 5.41) is 0. The predicted octanol–water partition coefficient (Wildman–Crippen LogP) is 4.79. The minimum Gasteiger partial charge on any atom is -0.337 e. The second-order valence-corrected chi connectivity index (χ2v) is 6.48. The summed E-state index contributed by atoms with van der Waals surface area (Å²) in [5.74, 6) is 0.00132. The van der Waals surface area contributed by atoms with Gasteiger partial charge in [0.1, 0.15) is 0 Å². The third kappa shape index (κ3) is 3.49. The van der Waals surface area contributed by atoms with Gasteiger partial charge in [-0.2, -0.15) is 0 Å². The first-order chi connectivity index (χ1) is 9.49. The summed E-state index contributed by atoms with van der Waals surface area (Å²) >= 11 is 6.83. The smallest absolute Gasteiger partial charge is 0.255 e. The molecule has 0 spiro atoms. The van der Waals surface area contributed by atoms with Crippen molar-refractivity contribution in [3.8, 4) is 0 Å². The molecule has 0 saturated carbocycles. The summed E-state index contributed by atoms with van der Waals surface area (Å²) in [4.78, 5) is 14.2. The van der Waals surface area contributed by atoms with E-state index in [1.165, 1.54) is 5.56 Å². The maximum Gasteiger partial charge on any atom is 0.255 e. The zero-order chi connectivity index (χ0) is 14.7. The number of carbonyl (C=O) groups is 1. The van der Waals surface area contributed by atoms with Crippen LogP contribution in [0.25, 0.3) is 0 Å². The quantitative estimate of drug-likeness (QED) is 0.730. The molecule has 2 rings (SSSR count). The van der Waals surface area contributed by atoms with Crippen molar-refractivity contribution < 1.29 is 4.79 Å². The number of amides is 1. The van der Waals surface area contributed by atoms with E-state index < -0.39 is 0 Å². The third-order valence-electron chi connectivity index (χ3n) is 3.17. The van der Waals surface area contributed by atoms with Crippen molar-refractivity contribution in [2.45, 2.75) is 13.5 Å². The molecule has 20 heavy (non-hydrogen) atoms. The van der Waals surface area contributed by atoms with E-state index in [0.717, 1.165) is 14.5 Å². The highest BCUT2D eigenvalue weighted by atomic mass is 79.9. The van der Waals surface area contributed by atoms with Crippen molar-refractivity contribution in [2.75, 3.05) is 7.05 Å². The van der Waals surface area contributed by atoms with Crippen LogP contribution in [-0.2, 0) is 6.54 Å². The Labute approximate surface area is 136 Å². The highest BCUT2D eigenvalue weighted by Crippen LogP contribution is 2.23. The van der Waals surface area contributed by atoms with Crippen LogP contribution in [0.5, 0.6) is 0 Å². The number of hydrogen-bond donors (Lipinski definition) is 0. The fourth-order valence-electron chi connectivity index (χ4n) is 1.98. The van der Waals surface area contributed by atoms with Gasteiger partial charge in [-0.3, -0.25) is 4.79 Å². The van der Waals surface area contributed by atoms with E-state index in [2.05, 4.69) is 50.9 Å². The molecule has 0 heterocycles. The average molecular weight is 397 g/mol. The third-order valence-corrected chi connectivity index (χ3v) is 4.36. The molecule has 2 aromatic rings. The molecule has 104 valence electrons. The van der Waals surface area contributed by atoms with E-state index in [4.69, 9.17) is 0 Å². The van der Waals surface area contributed by atoms with Crippen LogP contribution in [0.4, 0.5) is 0 Å². The Hall–Kier alpha value is -1.13. The number of benzene rings is 2. The number of halogens is 2. The maximum absolute atomic E-state index is 12.5. The first kappa shape index (κ1) is 15.3. The zero-order valence-corrected chi connectivity index (χ0v) is 14.5. The molecule has 1 amide bonds. The Balaban J connectivity index is 2.21. The molecule has 0 aromatic heterocycles. The molecular weight excluding hydrogens is 382 g/mol. The predicted molar refractivity (Wildman–Crippen MR) is 88.8 cm³/mol. The molecule has 0 aliphatic heterocycles. The zero-order valence-electron chi connectivity index (χ0n) is 11.4. The van der Waals surface area contributed by atoms with E-state index >= 15 is 0 Å². The van der Waals surface area contributed by atoms with Gasteiger partial charge in [0, 0.05) is 22.5 Å². The second kappa shape index (κ2) is 6.55. The van der Waals surface area contributed by atoms with Gasteiger partial charge in [0.05, 0.1) is 5.56 Å². The van der Waals surface area contributed by atoms with Gasteiger partial charge >= 0.3 is 0 Å². The maximum atomic E-state index is 12.5. The van der Waals surface area contributed by atoms with Crippen molar-refractivity contribution in [1.29, 1.82) is 0 Å². The number of rotatable bonds is 3. The van der Waals surface area contributed by atoms with E-state index in [9.17, 15) is 4.79 Å². The molecule has 0 atom stereocenters. The molecule has 0 N–H and O–H groups in total. The number of nitrogens with zero attached hydrogens (tertiary/aromatic N) is 1. The average Bonchev–Trinajstić information content (AvgIpc) is 2.43. The molecule has 0 unspecified atom stereocenters. The van der Waals surface area contributed by atoms with Crippen LogP contribution in [0.3, 0.4) is 0 Å². The molecule has 0 radical (unpaired) electrons. The van der Waals surface area contributed by atoms with Crippen LogP contribution in [0.1, 0.15) is 21.5 Å². The lowest BCUT2D eigenvalue weighted by molar-refractivity contribution is 0.0784. The van der Waals surface area contributed by atoms with Gasteiger partial charge in [-0.05, 0) is 52.2 Å². The lowest BCUT2D eigenvalue weighted by Crippen LogP contribution is -2.26. The van der Waals surface area contributed by atoms with Gasteiger partial charge in [0.25, 0.3) is 5.91 Å². The molecular formula is C16H15Br2NO. The Kier molecular flexibility index (Phi) is 5.00. The van der Waals surface area contributed by atoms with Crippen molar-refractivity contribution in [3.05, 3.63) is 68.1 Å². The minimum atomic E-state index is 0.00132. The Morgan fingerprint density at radius 3 is 2.55 bits per heavy atom. The lowest BCUT2D eigenvalue weighted by atomic mass is 10.1. The van der Waals surface area contributed by atoms with Crippen LogP contribution in [0, 0.1) is 6.92 Å².